The maximum atomic E-state index is 11.9. The highest BCUT2D eigenvalue weighted by Crippen LogP contribution is 2.34. The first-order chi connectivity index (χ1) is 12.3. The Morgan fingerprint density at radius 1 is 1.15 bits per heavy atom. The molecule has 0 aliphatic heterocycles. The summed E-state index contributed by atoms with van der Waals surface area (Å²) in [5.74, 6) is 5.78. The quantitative estimate of drug-likeness (QED) is 0.488. The molecule has 1 rings (SSSR count). The van der Waals surface area contributed by atoms with Gasteiger partial charge in [-0.05, 0) is 43.9 Å². The van der Waals surface area contributed by atoms with Gasteiger partial charge in [-0.25, -0.2) is 4.79 Å². The Morgan fingerprint density at radius 3 is 2.54 bits per heavy atom. The Balaban J connectivity index is 2.40. The zero-order valence-electron chi connectivity index (χ0n) is 16.1. The minimum Gasteiger partial charge on any atom is -0.479 e. The van der Waals surface area contributed by atoms with Gasteiger partial charge in [0, 0.05) is 18.8 Å². The molecule has 5 atom stereocenters. The summed E-state index contributed by atoms with van der Waals surface area (Å²) in [5, 5.41) is 28.0. The number of aliphatic carboxylic acids is 1. The predicted octanol–water partition coefficient (Wildman–Crippen LogP) is 3.17. The summed E-state index contributed by atoms with van der Waals surface area (Å²) in [7, 11) is 0. The third kappa shape index (κ3) is 8.33. The van der Waals surface area contributed by atoms with Crippen LogP contribution in [-0.2, 0) is 9.59 Å². The fraction of sp³-hybridized carbons (Fsp3) is 0.810. The lowest BCUT2D eigenvalue weighted by molar-refractivity contribution is -0.147. The van der Waals surface area contributed by atoms with Crippen molar-refractivity contribution in [1.82, 2.24) is 0 Å². The molecule has 148 valence electrons. The summed E-state index contributed by atoms with van der Waals surface area (Å²) >= 11 is 0. The van der Waals surface area contributed by atoms with Gasteiger partial charge in [-0.3, -0.25) is 4.79 Å². The number of unbranched alkanes of at least 4 members (excludes halogenated alkanes) is 1. The number of carbonyl (C=O) groups is 2. The van der Waals surface area contributed by atoms with Crippen LogP contribution in [-0.4, -0.2) is 39.3 Å². The second kappa shape index (κ2) is 12.1. The van der Waals surface area contributed by atoms with E-state index in [1.54, 1.807) is 0 Å². The number of carboxylic acids is 1. The van der Waals surface area contributed by atoms with Gasteiger partial charge in [-0.15, -0.1) is 0 Å². The average Bonchev–Trinajstić information content (AvgIpc) is 3.07. The van der Waals surface area contributed by atoms with E-state index in [4.69, 9.17) is 5.11 Å². The third-order valence-electron chi connectivity index (χ3n) is 5.40. The van der Waals surface area contributed by atoms with E-state index in [0.29, 0.717) is 12.3 Å². The molecule has 1 fully saturated rings. The Morgan fingerprint density at radius 2 is 1.88 bits per heavy atom. The van der Waals surface area contributed by atoms with Crippen molar-refractivity contribution in [3.8, 4) is 11.8 Å². The summed E-state index contributed by atoms with van der Waals surface area (Å²) in [4.78, 5) is 22.5. The lowest BCUT2D eigenvalue weighted by Crippen LogP contribution is -2.20. The van der Waals surface area contributed by atoms with Crippen molar-refractivity contribution in [2.75, 3.05) is 0 Å². The highest BCUT2D eigenvalue weighted by atomic mass is 16.4. The van der Waals surface area contributed by atoms with Crippen molar-refractivity contribution in [3.63, 3.8) is 0 Å². The Hall–Kier alpha value is -1.38. The zero-order chi connectivity index (χ0) is 19.5. The summed E-state index contributed by atoms with van der Waals surface area (Å²) in [5.41, 5.74) is 0. The van der Waals surface area contributed by atoms with Gasteiger partial charge >= 0.3 is 5.97 Å². The van der Waals surface area contributed by atoms with Gasteiger partial charge in [0.1, 0.15) is 11.9 Å². The predicted molar refractivity (Wildman–Crippen MR) is 100 cm³/mol. The second-order valence-corrected chi connectivity index (χ2v) is 7.62. The standard InChI is InChI=1S/C21H34O5/c1-3-4-6-15(2)19(23)13-10-17-8-5-7-16(17)9-11-18(22)12-14-20(24)21(25)26/h15-17,19-20,23-24H,3-9,11-12,14H2,1-2H3,(H,25,26)/t15-,16+,17+,19-,20?/m0/s1. The number of hydrogen-bond donors (Lipinski definition) is 3. The van der Waals surface area contributed by atoms with E-state index in [2.05, 4.69) is 18.8 Å². The molecule has 5 nitrogen and oxygen atoms in total. The molecule has 1 aliphatic carbocycles. The van der Waals surface area contributed by atoms with Crippen LogP contribution in [0.2, 0.25) is 0 Å². The van der Waals surface area contributed by atoms with Crippen LogP contribution in [0.5, 0.6) is 0 Å². The van der Waals surface area contributed by atoms with E-state index in [9.17, 15) is 19.8 Å². The molecule has 0 aromatic rings. The minimum absolute atomic E-state index is 0.00266. The number of rotatable bonds is 11. The van der Waals surface area contributed by atoms with Crippen LogP contribution in [0.1, 0.15) is 78.1 Å². The Bertz CT molecular complexity index is 504. The zero-order valence-corrected chi connectivity index (χ0v) is 16.1. The van der Waals surface area contributed by atoms with Gasteiger partial charge in [0.2, 0.25) is 0 Å². The molecule has 0 radical (unpaired) electrons. The van der Waals surface area contributed by atoms with Gasteiger partial charge in [-0.1, -0.05) is 45.0 Å². The molecule has 0 heterocycles. The smallest absolute Gasteiger partial charge is 0.332 e. The lowest BCUT2D eigenvalue weighted by Gasteiger charge is -2.16. The van der Waals surface area contributed by atoms with Crippen molar-refractivity contribution in [2.45, 2.75) is 90.3 Å². The number of hydrogen-bond acceptors (Lipinski definition) is 4. The Kier molecular flexibility index (Phi) is 10.5. The number of Topliss-reactive ketones (excluding diaryl/α,β-unsaturated/α-hetero) is 1. The molecule has 1 saturated carbocycles. The molecular formula is C21H34O5. The van der Waals surface area contributed by atoms with Crippen LogP contribution in [0.4, 0.5) is 0 Å². The highest BCUT2D eigenvalue weighted by molar-refractivity contribution is 5.79. The van der Waals surface area contributed by atoms with Gasteiger partial charge in [0.05, 0.1) is 0 Å². The number of aliphatic hydroxyl groups excluding tert-OH is 2. The van der Waals surface area contributed by atoms with E-state index in [-0.39, 0.29) is 30.5 Å². The van der Waals surface area contributed by atoms with Crippen molar-refractivity contribution >= 4 is 11.8 Å². The van der Waals surface area contributed by atoms with Crippen LogP contribution in [0.3, 0.4) is 0 Å². The van der Waals surface area contributed by atoms with E-state index >= 15 is 0 Å². The molecule has 0 bridgehead atoms. The van der Waals surface area contributed by atoms with Crippen LogP contribution >= 0.6 is 0 Å². The van der Waals surface area contributed by atoms with E-state index in [1.165, 1.54) is 0 Å². The van der Waals surface area contributed by atoms with Crippen molar-refractivity contribution in [1.29, 1.82) is 0 Å². The van der Waals surface area contributed by atoms with Crippen LogP contribution in [0.15, 0.2) is 0 Å². The molecule has 0 aromatic carbocycles. The van der Waals surface area contributed by atoms with Crippen LogP contribution in [0, 0.1) is 29.6 Å². The number of carboxylic acid groups (broad SMARTS) is 1. The van der Waals surface area contributed by atoms with Crippen molar-refractivity contribution < 1.29 is 24.9 Å². The summed E-state index contributed by atoms with van der Waals surface area (Å²) < 4.78 is 0. The number of ketones is 1. The first-order valence-electron chi connectivity index (χ1n) is 9.96. The number of aliphatic hydroxyl groups is 2. The molecule has 5 heteroatoms. The summed E-state index contributed by atoms with van der Waals surface area (Å²) in [6.07, 6.45) is 5.56. The van der Waals surface area contributed by atoms with Crippen LogP contribution in [0.25, 0.3) is 0 Å². The second-order valence-electron chi connectivity index (χ2n) is 7.62. The van der Waals surface area contributed by atoms with Gasteiger partial charge < -0.3 is 15.3 Å². The first kappa shape index (κ1) is 22.7. The molecule has 1 aliphatic rings. The topological polar surface area (TPSA) is 94.8 Å². The van der Waals surface area contributed by atoms with Crippen molar-refractivity contribution in [2.24, 2.45) is 17.8 Å². The minimum atomic E-state index is -1.46. The summed E-state index contributed by atoms with van der Waals surface area (Å²) in [6, 6.07) is 0. The molecule has 0 aromatic heterocycles. The molecule has 26 heavy (non-hydrogen) atoms. The van der Waals surface area contributed by atoms with Crippen LogP contribution < -0.4 is 0 Å². The van der Waals surface area contributed by atoms with E-state index in [0.717, 1.165) is 44.9 Å². The molecule has 3 N–H and O–H groups in total. The molecule has 0 saturated heterocycles. The monoisotopic (exact) mass is 366 g/mol. The first-order valence-corrected chi connectivity index (χ1v) is 9.96. The highest BCUT2D eigenvalue weighted by Gasteiger charge is 2.26. The van der Waals surface area contributed by atoms with E-state index < -0.39 is 18.2 Å². The maximum absolute atomic E-state index is 11.9. The SMILES string of the molecule is CCCC[C@H](C)[C@@H](O)C#C[C@H]1CCC[C@@H]1CCC(=O)CCC(O)C(=O)O. The summed E-state index contributed by atoms with van der Waals surface area (Å²) in [6.45, 7) is 4.17. The molecular weight excluding hydrogens is 332 g/mol. The fourth-order valence-corrected chi connectivity index (χ4v) is 3.48. The molecule has 0 amide bonds. The van der Waals surface area contributed by atoms with Gasteiger partial charge in [0.15, 0.2) is 6.10 Å². The largest absolute Gasteiger partial charge is 0.479 e. The third-order valence-corrected chi connectivity index (χ3v) is 5.40. The Labute approximate surface area is 157 Å². The average molecular weight is 366 g/mol. The maximum Gasteiger partial charge on any atom is 0.332 e. The number of carbonyl (C=O) groups excluding carboxylic acids is 1. The lowest BCUT2D eigenvalue weighted by atomic mass is 9.89. The van der Waals surface area contributed by atoms with E-state index in [1.807, 2.05) is 6.92 Å². The normalized spacial score (nSPS) is 22.9. The van der Waals surface area contributed by atoms with Gasteiger partial charge in [-0.2, -0.15) is 0 Å². The van der Waals surface area contributed by atoms with Crippen molar-refractivity contribution in [3.05, 3.63) is 0 Å². The van der Waals surface area contributed by atoms with Gasteiger partial charge in [0.25, 0.3) is 0 Å². The fourth-order valence-electron chi connectivity index (χ4n) is 3.48. The molecule has 1 unspecified atom stereocenters. The molecule has 0 spiro atoms.